The smallest absolute Gasteiger partial charge is 0.244 e. The van der Waals surface area contributed by atoms with Gasteiger partial charge in [0.1, 0.15) is 16.4 Å². The number of nitrogens with one attached hydrogen (secondary N) is 2. The van der Waals surface area contributed by atoms with Gasteiger partial charge >= 0.3 is 0 Å². The lowest BCUT2D eigenvalue weighted by atomic mass is 9.98. The Balaban J connectivity index is 2.14. The van der Waals surface area contributed by atoms with Crippen molar-refractivity contribution in [3.05, 3.63) is 17.6 Å². The topological polar surface area (TPSA) is 71.3 Å². The van der Waals surface area contributed by atoms with Gasteiger partial charge in [-0.05, 0) is 39.5 Å². The normalized spacial score (nSPS) is 16.4. The Morgan fingerprint density at radius 3 is 2.48 bits per heavy atom. The van der Waals surface area contributed by atoms with Crippen molar-refractivity contribution >= 4 is 10.0 Å². The van der Waals surface area contributed by atoms with Gasteiger partial charge in [0.25, 0.3) is 0 Å². The van der Waals surface area contributed by atoms with E-state index in [0.717, 1.165) is 12.8 Å². The van der Waals surface area contributed by atoms with Crippen LogP contribution in [0.25, 0.3) is 0 Å². The van der Waals surface area contributed by atoms with Crippen LogP contribution in [0.4, 0.5) is 0 Å². The second kappa shape index (κ2) is 6.10. The maximum absolute atomic E-state index is 12.6. The summed E-state index contributed by atoms with van der Waals surface area (Å²) in [6.07, 6.45) is 3.88. The summed E-state index contributed by atoms with van der Waals surface area (Å²) in [5, 5.41) is 3.33. The number of hydrogen-bond acceptors (Lipinski definition) is 4. The fourth-order valence-corrected chi connectivity index (χ4v) is 3.94. The second-order valence-electron chi connectivity index (χ2n) is 6.16. The predicted octanol–water partition coefficient (Wildman–Crippen LogP) is 2.70. The molecule has 0 aromatic carbocycles. The molecule has 0 radical (unpaired) electrons. The molecular formula is C15H26N2O3S. The van der Waals surface area contributed by atoms with Crippen molar-refractivity contribution < 1.29 is 12.8 Å². The van der Waals surface area contributed by atoms with Gasteiger partial charge < -0.3 is 9.73 Å². The van der Waals surface area contributed by atoms with Crippen molar-refractivity contribution in [1.82, 2.24) is 10.0 Å². The number of aryl methyl sites for hydroxylation is 1. The Labute approximate surface area is 127 Å². The molecule has 6 heteroatoms. The third-order valence-electron chi connectivity index (χ3n) is 4.30. The molecule has 0 aliphatic heterocycles. The zero-order valence-electron chi connectivity index (χ0n) is 13.3. The van der Waals surface area contributed by atoms with Crippen LogP contribution in [0.3, 0.4) is 0 Å². The zero-order chi connectivity index (χ0) is 15.7. The van der Waals surface area contributed by atoms with Crippen LogP contribution in [0.5, 0.6) is 0 Å². The summed E-state index contributed by atoms with van der Waals surface area (Å²) >= 11 is 0. The van der Waals surface area contributed by atoms with Crippen LogP contribution in [0.15, 0.2) is 15.4 Å². The van der Waals surface area contributed by atoms with Gasteiger partial charge in [0, 0.05) is 17.6 Å². The molecule has 0 amide bonds. The van der Waals surface area contributed by atoms with Gasteiger partial charge in [-0.25, -0.2) is 13.1 Å². The monoisotopic (exact) mass is 314 g/mol. The molecule has 0 atom stereocenters. The number of hydrogen-bond donors (Lipinski definition) is 2. The molecular weight excluding hydrogens is 288 g/mol. The fourth-order valence-electron chi connectivity index (χ4n) is 2.18. The number of rotatable bonds is 8. The van der Waals surface area contributed by atoms with Gasteiger partial charge in [0.2, 0.25) is 10.0 Å². The first-order valence-electron chi connectivity index (χ1n) is 7.66. The third-order valence-corrected chi connectivity index (χ3v) is 6.04. The summed E-state index contributed by atoms with van der Waals surface area (Å²) < 4.78 is 33.5. The van der Waals surface area contributed by atoms with E-state index in [1.54, 1.807) is 13.0 Å². The van der Waals surface area contributed by atoms with Gasteiger partial charge in [0.05, 0.1) is 6.54 Å². The van der Waals surface area contributed by atoms with Crippen LogP contribution in [0.2, 0.25) is 0 Å². The molecule has 2 rings (SSSR count). The molecule has 1 saturated carbocycles. The standard InChI is InChI=1S/C15H26N2O3S/c1-5-15(4,6-2)17-21(18,19)14-9-13(20-11(14)3)10-16-12-7-8-12/h9,12,16-17H,5-8,10H2,1-4H3. The molecule has 0 spiro atoms. The van der Waals surface area contributed by atoms with Gasteiger partial charge in [0.15, 0.2) is 0 Å². The molecule has 1 aromatic rings. The fraction of sp³-hybridized carbons (Fsp3) is 0.733. The molecule has 1 aliphatic rings. The van der Waals surface area contributed by atoms with Gasteiger partial charge in [-0.15, -0.1) is 0 Å². The average molecular weight is 314 g/mol. The second-order valence-corrected chi connectivity index (χ2v) is 7.81. The van der Waals surface area contributed by atoms with E-state index in [-0.39, 0.29) is 4.90 Å². The third kappa shape index (κ3) is 4.08. The highest BCUT2D eigenvalue weighted by Crippen LogP contribution is 2.25. The van der Waals surface area contributed by atoms with Crippen molar-refractivity contribution in [2.24, 2.45) is 0 Å². The first kappa shape index (κ1) is 16.5. The summed E-state index contributed by atoms with van der Waals surface area (Å²) in [6.45, 7) is 8.18. The minimum Gasteiger partial charge on any atom is -0.464 e. The van der Waals surface area contributed by atoms with Crippen molar-refractivity contribution in [1.29, 1.82) is 0 Å². The van der Waals surface area contributed by atoms with Gasteiger partial charge in [-0.1, -0.05) is 13.8 Å². The van der Waals surface area contributed by atoms with Crippen molar-refractivity contribution in [3.8, 4) is 0 Å². The molecule has 5 nitrogen and oxygen atoms in total. The van der Waals surface area contributed by atoms with E-state index in [0.29, 0.717) is 24.1 Å². The Morgan fingerprint density at radius 1 is 1.33 bits per heavy atom. The van der Waals surface area contributed by atoms with Crippen LogP contribution in [-0.2, 0) is 16.6 Å². The summed E-state index contributed by atoms with van der Waals surface area (Å²) in [4.78, 5) is 0.253. The first-order chi connectivity index (χ1) is 9.79. The van der Waals surface area contributed by atoms with E-state index in [4.69, 9.17) is 4.42 Å². The molecule has 1 aromatic heterocycles. The molecule has 1 heterocycles. The highest BCUT2D eigenvalue weighted by molar-refractivity contribution is 7.89. The summed E-state index contributed by atoms with van der Waals surface area (Å²) in [5.74, 6) is 1.12. The van der Waals surface area contributed by atoms with Gasteiger partial charge in [-0.2, -0.15) is 0 Å². The molecule has 2 N–H and O–H groups in total. The maximum Gasteiger partial charge on any atom is 0.244 e. The quantitative estimate of drug-likeness (QED) is 0.774. The van der Waals surface area contributed by atoms with E-state index < -0.39 is 15.6 Å². The largest absolute Gasteiger partial charge is 0.464 e. The Kier molecular flexibility index (Phi) is 4.80. The highest BCUT2D eigenvalue weighted by Gasteiger charge is 2.30. The van der Waals surface area contributed by atoms with Crippen LogP contribution >= 0.6 is 0 Å². The predicted molar refractivity (Wildman–Crippen MR) is 82.6 cm³/mol. The van der Waals surface area contributed by atoms with E-state index in [2.05, 4.69) is 10.0 Å². The van der Waals surface area contributed by atoms with E-state index >= 15 is 0 Å². The summed E-state index contributed by atoms with van der Waals surface area (Å²) in [7, 11) is -3.55. The summed E-state index contributed by atoms with van der Waals surface area (Å²) in [5.41, 5.74) is -0.422. The molecule has 21 heavy (non-hydrogen) atoms. The molecule has 0 unspecified atom stereocenters. The minimum atomic E-state index is -3.55. The van der Waals surface area contributed by atoms with Crippen LogP contribution in [0, 0.1) is 6.92 Å². The van der Waals surface area contributed by atoms with Crippen molar-refractivity contribution in [2.45, 2.75) is 76.4 Å². The maximum atomic E-state index is 12.6. The molecule has 120 valence electrons. The van der Waals surface area contributed by atoms with E-state index in [9.17, 15) is 8.42 Å². The molecule has 0 bridgehead atoms. The Hall–Kier alpha value is -0.850. The molecule has 0 saturated heterocycles. The van der Waals surface area contributed by atoms with Crippen LogP contribution < -0.4 is 10.0 Å². The minimum absolute atomic E-state index is 0.253. The Morgan fingerprint density at radius 2 is 1.95 bits per heavy atom. The lowest BCUT2D eigenvalue weighted by Gasteiger charge is -2.27. The zero-order valence-corrected chi connectivity index (χ0v) is 14.1. The number of furan rings is 1. The van der Waals surface area contributed by atoms with Crippen LogP contribution in [0.1, 0.15) is 58.0 Å². The van der Waals surface area contributed by atoms with Gasteiger partial charge in [-0.3, -0.25) is 0 Å². The molecule has 1 aliphatic carbocycles. The molecule has 1 fully saturated rings. The van der Waals surface area contributed by atoms with Crippen molar-refractivity contribution in [2.75, 3.05) is 0 Å². The average Bonchev–Trinajstić information content (AvgIpc) is 3.18. The first-order valence-corrected chi connectivity index (χ1v) is 9.14. The van der Waals surface area contributed by atoms with Crippen LogP contribution in [-0.4, -0.2) is 20.0 Å². The Bertz CT molecular complexity index is 584. The van der Waals surface area contributed by atoms with Crippen molar-refractivity contribution in [3.63, 3.8) is 0 Å². The summed E-state index contributed by atoms with van der Waals surface area (Å²) in [6, 6.07) is 2.20. The lowest BCUT2D eigenvalue weighted by molar-refractivity contribution is 0.388. The number of sulfonamides is 1. The van der Waals surface area contributed by atoms with E-state index in [1.165, 1.54) is 12.8 Å². The van der Waals surface area contributed by atoms with E-state index in [1.807, 2.05) is 20.8 Å². The SMILES string of the molecule is CCC(C)(CC)NS(=O)(=O)c1cc(CNC2CC2)oc1C. The lowest BCUT2D eigenvalue weighted by Crippen LogP contribution is -2.44. The highest BCUT2D eigenvalue weighted by atomic mass is 32.2.